The summed E-state index contributed by atoms with van der Waals surface area (Å²) in [5.41, 5.74) is 4.88. The standard InChI is InChI=1S/C18H18N4O2/c1-10-2-5-14-13(8-10)12-4-3-11(9-16(12)20-14)19-18(24)15-6-7-17(23)22-21-15/h2,5-8,11,20H,3-4,9H2,1H3,(H,19,24)(H,22,23). The Kier molecular flexibility index (Phi) is 3.45. The second-order valence-electron chi connectivity index (χ2n) is 6.35. The summed E-state index contributed by atoms with van der Waals surface area (Å²) in [5, 5.41) is 10.4. The van der Waals surface area contributed by atoms with Crippen LogP contribution in [0.15, 0.2) is 35.1 Å². The van der Waals surface area contributed by atoms with E-state index < -0.39 is 0 Å². The molecule has 1 atom stereocenters. The van der Waals surface area contributed by atoms with Crippen LogP contribution in [0.4, 0.5) is 0 Å². The molecule has 24 heavy (non-hydrogen) atoms. The van der Waals surface area contributed by atoms with Crippen LogP contribution < -0.4 is 10.9 Å². The predicted molar refractivity (Wildman–Crippen MR) is 91.2 cm³/mol. The first-order valence-electron chi connectivity index (χ1n) is 8.07. The lowest BCUT2D eigenvalue weighted by Gasteiger charge is -2.23. The number of nitrogens with one attached hydrogen (secondary N) is 3. The largest absolute Gasteiger partial charge is 0.358 e. The van der Waals surface area contributed by atoms with Crippen LogP contribution in [0.2, 0.25) is 0 Å². The Morgan fingerprint density at radius 1 is 1.29 bits per heavy atom. The molecule has 2 aromatic heterocycles. The Morgan fingerprint density at radius 2 is 2.17 bits per heavy atom. The van der Waals surface area contributed by atoms with E-state index >= 15 is 0 Å². The smallest absolute Gasteiger partial charge is 0.271 e. The van der Waals surface area contributed by atoms with E-state index in [9.17, 15) is 9.59 Å². The third kappa shape index (κ3) is 2.60. The van der Waals surface area contributed by atoms with E-state index in [1.54, 1.807) is 0 Å². The van der Waals surface area contributed by atoms with Gasteiger partial charge in [-0.2, -0.15) is 5.10 Å². The lowest BCUT2D eigenvalue weighted by molar-refractivity contribution is 0.0927. The molecule has 6 nitrogen and oxygen atoms in total. The molecule has 1 aromatic carbocycles. The first-order valence-corrected chi connectivity index (χ1v) is 8.07. The van der Waals surface area contributed by atoms with E-state index in [1.165, 1.54) is 34.3 Å². The van der Waals surface area contributed by atoms with Gasteiger partial charge in [-0.3, -0.25) is 9.59 Å². The van der Waals surface area contributed by atoms with E-state index in [2.05, 4.69) is 45.6 Å². The van der Waals surface area contributed by atoms with Gasteiger partial charge in [-0.05, 0) is 43.5 Å². The average molecular weight is 322 g/mol. The summed E-state index contributed by atoms with van der Waals surface area (Å²) >= 11 is 0. The van der Waals surface area contributed by atoms with Gasteiger partial charge in [0.2, 0.25) is 0 Å². The summed E-state index contributed by atoms with van der Waals surface area (Å²) in [6.07, 6.45) is 2.60. The van der Waals surface area contributed by atoms with Crippen molar-refractivity contribution in [3.05, 3.63) is 63.2 Å². The van der Waals surface area contributed by atoms with Gasteiger partial charge in [-0.15, -0.1) is 0 Å². The van der Waals surface area contributed by atoms with Crippen molar-refractivity contribution in [1.29, 1.82) is 0 Å². The molecule has 122 valence electrons. The molecule has 3 N–H and O–H groups in total. The fourth-order valence-electron chi connectivity index (χ4n) is 3.40. The molecule has 0 aliphatic heterocycles. The highest BCUT2D eigenvalue weighted by atomic mass is 16.2. The number of hydrogen-bond acceptors (Lipinski definition) is 3. The monoisotopic (exact) mass is 322 g/mol. The van der Waals surface area contributed by atoms with Crippen molar-refractivity contribution in [1.82, 2.24) is 20.5 Å². The quantitative estimate of drug-likeness (QED) is 0.672. The number of benzene rings is 1. The minimum absolute atomic E-state index is 0.0629. The predicted octanol–water partition coefficient (Wildman–Crippen LogP) is 1.85. The molecule has 6 heteroatoms. The van der Waals surface area contributed by atoms with Crippen molar-refractivity contribution >= 4 is 16.8 Å². The van der Waals surface area contributed by atoms with Crippen LogP contribution in [0.1, 0.15) is 33.7 Å². The van der Waals surface area contributed by atoms with Crippen LogP contribution in [0.3, 0.4) is 0 Å². The molecule has 1 unspecified atom stereocenters. The highest BCUT2D eigenvalue weighted by Gasteiger charge is 2.24. The van der Waals surface area contributed by atoms with Crippen molar-refractivity contribution in [3.63, 3.8) is 0 Å². The summed E-state index contributed by atoms with van der Waals surface area (Å²) in [6.45, 7) is 2.10. The zero-order valence-corrected chi connectivity index (χ0v) is 13.3. The minimum Gasteiger partial charge on any atom is -0.358 e. The lowest BCUT2D eigenvalue weighted by Crippen LogP contribution is -2.39. The zero-order valence-electron chi connectivity index (χ0n) is 13.3. The first kappa shape index (κ1) is 14.7. The fraction of sp³-hybridized carbons (Fsp3) is 0.278. The average Bonchev–Trinajstić information content (AvgIpc) is 2.92. The zero-order chi connectivity index (χ0) is 16.7. The number of nitrogens with zero attached hydrogens (tertiary/aromatic N) is 1. The van der Waals surface area contributed by atoms with Crippen LogP contribution in [0.25, 0.3) is 10.9 Å². The highest BCUT2D eigenvalue weighted by Crippen LogP contribution is 2.29. The maximum Gasteiger partial charge on any atom is 0.271 e. The number of amides is 1. The van der Waals surface area contributed by atoms with E-state index in [4.69, 9.17) is 0 Å². The van der Waals surface area contributed by atoms with Gasteiger partial charge >= 0.3 is 0 Å². The fourth-order valence-corrected chi connectivity index (χ4v) is 3.40. The maximum atomic E-state index is 12.2. The number of carbonyl (C=O) groups excluding carboxylic acids is 1. The van der Waals surface area contributed by atoms with Crippen LogP contribution in [-0.2, 0) is 12.8 Å². The number of aryl methyl sites for hydroxylation is 2. The molecular formula is C18H18N4O2. The molecule has 0 saturated heterocycles. The van der Waals surface area contributed by atoms with Crippen molar-refractivity contribution in [2.75, 3.05) is 0 Å². The summed E-state index contributed by atoms with van der Waals surface area (Å²) in [5.74, 6) is -0.258. The third-order valence-electron chi connectivity index (χ3n) is 4.59. The molecule has 0 saturated carbocycles. The topological polar surface area (TPSA) is 90.6 Å². The van der Waals surface area contributed by atoms with Gasteiger partial charge in [0.1, 0.15) is 5.69 Å². The Morgan fingerprint density at radius 3 is 2.96 bits per heavy atom. The normalized spacial score (nSPS) is 16.8. The third-order valence-corrected chi connectivity index (χ3v) is 4.59. The van der Waals surface area contributed by atoms with E-state index in [1.807, 2.05) is 0 Å². The Labute approximate surface area is 138 Å². The Balaban J connectivity index is 1.54. The molecule has 3 aromatic rings. The molecule has 1 aliphatic carbocycles. The molecule has 0 radical (unpaired) electrons. The van der Waals surface area contributed by atoms with E-state index in [0.717, 1.165) is 24.8 Å². The van der Waals surface area contributed by atoms with Crippen LogP contribution in [0, 0.1) is 6.92 Å². The minimum atomic E-state index is -0.317. The highest BCUT2D eigenvalue weighted by molar-refractivity contribution is 5.92. The second-order valence-corrected chi connectivity index (χ2v) is 6.35. The van der Waals surface area contributed by atoms with Crippen LogP contribution in [-0.4, -0.2) is 27.1 Å². The molecule has 0 bridgehead atoms. The summed E-state index contributed by atoms with van der Waals surface area (Å²) in [4.78, 5) is 26.8. The van der Waals surface area contributed by atoms with Gasteiger partial charge in [0, 0.05) is 35.1 Å². The number of carbonyl (C=O) groups is 1. The van der Waals surface area contributed by atoms with Crippen molar-refractivity contribution in [2.45, 2.75) is 32.2 Å². The summed E-state index contributed by atoms with van der Waals surface area (Å²) < 4.78 is 0. The molecule has 0 fully saturated rings. The van der Waals surface area contributed by atoms with Crippen molar-refractivity contribution in [2.24, 2.45) is 0 Å². The SMILES string of the molecule is Cc1ccc2[nH]c3c(c2c1)CCC(NC(=O)c1ccc(=O)[nH]n1)C3. The Hall–Kier alpha value is -2.89. The molecule has 4 rings (SSSR count). The van der Waals surface area contributed by atoms with E-state index in [-0.39, 0.29) is 23.2 Å². The molecule has 0 spiro atoms. The summed E-state index contributed by atoms with van der Waals surface area (Å²) in [6, 6.07) is 9.24. The van der Waals surface area contributed by atoms with E-state index in [0.29, 0.717) is 0 Å². The number of aromatic amines is 2. The van der Waals surface area contributed by atoms with Gasteiger partial charge in [-0.1, -0.05) is 11.6 Å². The number of fused-ring (bicyclic) bond motifs is 3. The maximum absolute atomic E-state index is 12.2. The number of hydrogen-bond donors (Lipinski definition) is 3. The molecule has 2 heterocycles. The number of aromatic nitrogens is 3. The van der Waals surface area contributed by atoms with Crippen LogP contribution >= 0.6 is 0 Å². The van der Waals surface area contributed by atoms with Crippen molar-refractivity contribution < 1.29 is 4.79 Å². The first-order chi connectivity index (χ1) is 11.6. The second kappa shape index (κ2) is 5.63. The van der Waals surface area contributed by atoms with Gasteiger partial charge < -0.3 is 10.3 Å². The number of rotatable bonds is 2. The lowest BCUT2D eigenvalue weighted by atomic mass is 9.91. The van der Waals surface area contributed by atoms with Gasteiger partial charge in [0.15, 0.2) is 0 Å². The molecule has 1 aliphatic rings. The van der Waals surface area contributed by atoms with Crippen molar-refractivity contribution in [3.8, 4) is 0 Å². The van der Waals surface area contributed by atoms with Gasteiger partial charge in [0.25, 0.3) is 11.5 Å². The van der Waals surface area contributed by atoms with Crippen LogP contribution in [0.5, 0.6) is 0 Å². The summed E-state index contributed by atoms with van der Waals surface area (Å²) in [7, 11) is 0. The molecule has 1 amide bonds. The number of H-pyrrole nitrogens is 2. The Bertz CT molecular complexity index is 966. The molecular weight excluding hydrogens is 304 g/mol. The van der Waals surface area contributed by atoms with Gasteiger partial charge in [0.05, 0.1) is 0 Å². The van der Waals surface area contributed by atoms with Gasteiger partial charge in [-0.25, -0.2) is 5.10 Å².